The Kier molecular flexibility index (Phi) is 3.21. The van der Waals surface area contributed by atoms with E-state index in [9.17, 15) is 0 Å². The molecule has 1 aliphatic heterocycles. The zero-order chi connectivity index (χ0) is 11.0. The first kappa shape index (κ1) is 11.0. The van der Waals surface area contributed by atoms with Crippen molar-refractivity contribution in [2.75, 3.05) is 19.6 Å². The summed E-state index contributed by atoms with van der Waals surface area (Å²) in [4.78, 5) is 2.75. The number of nitrogens with one attached hydrogen (secondary N) is 1. The summed E-state index contributed by atoms with van der Waals surface area (Å²) in [5, 5.41) is 3.69. The first-order valence-corrected chi connectivity index (χ1v) is 7.30. The van der Waals surface area contributed by atoms with E-state index in [0.29, 0.717) is 0 Å². The van der Waals surface area contributed by atoms with Crippen LogP contribution in [0.3, 0.4) is 0 Å². The van der Waals surface area contributed by atoms with Crippen LogP contribution in [0.25, 0.3) is 0 Å². The van der Waals surface area contributed by atoms with Gasteiger partial charge in [-0.3, -0.25) is 0 Å². The molecule has 1 saturated heterocycles. The maximum atomic E-state index is 3.69. The highest BCUT2D eigenvalue weighted by atomic mass is 15.2. The molecular formula is C14H26N2. The summed E-state index contributed by atoms with van der Waals surface area (Å²) in [5.41, 5.74) is 0. The lowest BCUT2D eigenvalue weighted by Crippen LogP contribution is -2.40. The average Bonchev–Trinajstić information content (AvgIpc) is 2.90. The molecule has 92 valence electrons. The summed E-state index contributed by atoms with van der Waals surface area (Å²) in [6, 6.07) is 1.75. The van der Waals surface area contributed by atoms with Crippen LogP contribution in [0.5, 0.6) is 0 Å². The fourth-order valence-corrected chi connectivity index (χ4v) is 3.24. The molecule has 2 nitrogen and oxygen atoms in total. The van der Waals surface area contributed by atoms with Crippen molar-refractivity contribution in [3.8, 4) is 0 Å². The lowest BCUT2D eigenvalue weighted by molar-refractivity contribution is 0.127. The van der Waals surface area contributed by atoms with Crippen molar-refractivity contribution in [3.63, 3.8) is 0 Å². The van der Waals surface area contributed by atoms with Crippen LogP contribution < -0.4 is 5.32 Å². The Morgan fingerprint density at radius 2 is 2.00 bits per heavy atom. The zero-order valence-electron chi connectivity index (χ0n) is 10.6. The van der Waals surface area contributed by atoms with E-state index >= 15 is 0 Å². The van der Waals surface area contributed by atoms with Crippen LogP contribution in [0, 0.1) is 11.8 Å². The SMILES string of the molecule is CC(C1CCC1)N1CCC(CNC2CC2)C1. The second-order valence-corrected chi connectivity index (χ2v) is 6.26. The molecule has 1 heterocycles. The van der Waals surface area contributed by atoms with Gasteiger partial charge >= 0.3 is 0 Å². The van der Waals surface area contributed by atoms with Gasteiger partial charge in [-0.15, -0.1) is 0 Å². The van der Waals surface area contributed by atoms with Gasteiger partial charge in [-0.25, -0.2) is 0 Å². The predicted molar refractivity (Wildman–Crippen MR) is 67.5 cm³/mol. The van der Waals surface area contributed by atoms with Crippen molar-refractivity contribution in [2.45, 2.75) is 57.5 Å². The number of rotatable bonds is 5. The van der Waals surface area contributed by atoms with Crippen LogP contribution >= 0.6 is 0 Å². The highest BCUT2D eigenvalue weighted by molar-refractivity contribution is 4.88. The van der Waals surface area contributed by atoms with Crippen LogP contribution in [0.2, 0.25) is 0 Å². The monoisotopic (exact) mass is 222 g/mol. The molecule has 3 rings (SSSR count). The third kappa shape index (κ3) is 2.43. The minimum atomic E-state index is 0.861. The molecule has 2 aliphatic carbocycles. The van der Waals surface area contributed by atoms with Crippen molar-refractivity contribution < 1.29 is 0 Å². The van der Waals surface area contributed by atoms with Gasteiger partial charge in [-0.2, -0.15) is 0 Å². The van der Waals surface area contributed by atoms with Gasteiger partial charge in [0.15, 0.2) is 0 Å². The molecular weight excluding hydrogens is 196 g/mol. The highest BCUT2D eigenvalue weighted by Crippen LogP contribution is 2.34. The van der Waals surface area contributed by atoms with Gasteiger partial charge in [-0.05, 0) is 64.0 Å². The van der Waals surface area contributed by atoms with Crippen LogP contribution in [-0.2, 0) is 0 Å². The fraction of sp³-hybridized carbons (Fsp3) is 1.00. The molecule has 3 fully saturated rings. The van der Waals surface area contributed by atoms with E-state index < -0.39 is 0 Å². The van der Waals surface area contributed by atoms with Crippen LogP contribution in [0.15, 0.2) is 0 Å². The van der Waals surface area contributed by atoms with Gasteiger partial charge in [0, 0.05) is 18.6 Å². The van der Waals surface area contributed by atoms with Crippen molar-refractivity contribution >= 4 is 0 Å². The topological polar surface area (TPSA) is 15.3 Å². The van der Waals surface area contributed by atoms with Gasteiger partial charge < -0.3 is 10.2 Å². The third-order valence-corrected chi connectivity index (χ3v) is 5.00. The van der Waals surface area contributed by atoms with E-state index in [1.807, 2.05) is 0 Å². The van der Waals surface area contributed by atoms with E-state index in [-0.39, 0.29) is 0 Å². The second-order valence-electron chi connectivity index (χ2n) is 6.26. The smallest absolute Gasteiger partial charge is 0.00953 e. The molecule has 0 spiro atoms. The Labute approximate surface area is 99.8 Å². The molecule has 0 aromatic carbocycles. The Hall–Kier alpha value is -0.0800. The van der Waals surface area contributed by atoms with Crippen molar-refractivity contribution in [1.82, 2.24) is 10.2 Å². The quantitative estimate of drug-likeness (QED) is 0.767. The van der Waals surface area contributed by atoms with Gasteiger partial charge in [0.2, 0.25) is 0 Å². The molecule has 2 saturated carbocycles. The van der Waals surface area contributed by atoms with E-state index in [2.05, 4.69) is 17.1 Å². The standard InChI is InChI=1S/C14H26N2/c1-11(13-3-2-4-13)16-8-7-12(10-16)9-15-14-5-6-14/h11-15H,2-10H2,1H3. The number of hydrogen-bond donors (Lipinski definition) is 1. The molecule has 2 unspecified atom stereocenters. The van der Waals surface area contributed by atoms with Crippen molar-refractivity contribution in [2.24, 2.45) is 11.8 Å². The maximum Gasteiger partial charge on any atom is 0.00953 e. The molecule has 1 N–H and O–H groups in total. The Morgan fingerprint density at radius 1 is 1.19 bits per heavy atom. The average molecular weight is 222 g/mol. The molecule has 2 atom stereocenters. The minimum absolute atomic E-state index is 0.861. The molecule has 16 heavy (non-hydrogen) atoms. The molecule has 0 aromatic rings. The largest absolute Gasteiger partial charge is 0.314 e. The molecule has 3 aliphatic rings. The first-order chi connectivity index (χ1) is 7.83. The van der Waals surface area contributed by atoms with Gasteiger partial charge in [-0.1, -0.05) is 6.42 Å². The summed E-state index contributed by atoms with van der Waals surface area (Å²) in [6.07, 6.45) is 8.74. The second kappa shape index (κ2) is 4.66. The lowest BCUT2D eigenvalue weighted by Gasteiger charge is -2.37. The van der Waals surface area contributed by atoms with Crippen molar-refractivity contribution in [1.29, 1.82) is 0 Å². The number of likely N-dealkylation sites (tertiary alicyclic amines) is 1. The van der Waals surface area contributed by atoms with Crippen LogP contribution in [0.1, 0.15) is 45.4 Å². The van der Waals surface area contributed by atoms with Crippen LogP contribution in [0.4, 0.5) is 0 Å². The van der Waals surface area contributed by atoms with Gasteiger partial charge in [0.25, 0.3) is 0 Å². The molecule has 0 radical (unpaired) electrons. The Morgan fingerprint density at radius 3 is 2.62 bits per heavy atom. The Bertz CT molecular complexity index is 233. The number of hydrogen-bond acceptors (Lipinski definition) is 2. The minimum Gasteiger partial charge on any atom is -0.314 e. The van der Waals surface area contributed by atoms with E-state index in [1.54, 1.807) is 0 Å². The van der Waals surface area contributed by atoms with Crippen molar-refractivity contribution in [3.05, 3.63) is 0 Å². The normalized spacial score (nSPS) is 33.9. The molecule has 2 heteroatoms. The van der Waals surface area contributed by atoms with E-state index in [0.717, 1.165) is 23.9 Å². The van der Waals surface area contributed by atoms with E-state index in [1.165, 1.54) is 58.2 Å². The zero-order valence-corrected chi connectivity index (χ0v) is 10.6. The first-order valence-electron chi connectivity index (χ1n) is 7.30. The Balaban J connectivity index is 1.40. The summed E-state index contributed by atoms with van der Waals surface area (Å²) in [5.74, 6) is 1.96. The third-order valence-electron chi connectivity index (χ3n) is 5.00. The summed E-state index contributed by atoms with van der Waals surface area (Å²) in [7, 11) is 0. The maximum absolute atomic E-state index is 3.69. The highest BCUT2D eigenvalue weighted by Gasteiger charge is 2.33. The number of nitrogens with zero attached hydrogens (tertiary/aromatic N) is 1. The van der Waals surface area contributed by atoms with Gasteiger partial charge in [0.05, 0.1) is 0 Å². The summed E-state index contributed by atoms with van der Waals surface area (Å²) >= 11 is 0. The molecule has 0 aromatic heterocycles. The van der Waals surface area contributed by atoms with Crippen LogP contribution in [-0.4, -0.2) is 36.6 Å². The lowest BCUT2D eigenvalue weighted by atomic mass is 9.80. The molecule has 0 amide bonds. The predicted octanol–water partition coefficient (Wildman–Crippen LogP) is 2.25. The summed E-state index contributed by atoms with van der Waals surface area (Å²) < 4.78 is 0. The van der Waals surface area contributed by atoms with E-state index in [4.69, 9.17) is 0 Å². The fourth-order valence-electron chi connectivity index (χ4n) is 3.24. The summed E-state index contributed by atoms with van der Waals surface area (Å²) in [6.45, 7) is 6.45. The molecule has 0 bridgehead atoms. The van der Waals surface area contributed by atoms with Gasteiger partial charge in [0.1, 0.15) is 0 Å².